The number of halogens is 2. The molecule has 2 aliphatic carbocycles. The van der Waals surface area contributed by atoms with Gasteiger partial charge in [-0.15, -0.1) is 24.0 Å². The fourth-order valence-corrected chi connectivity index (χ4v) is 6.05. The van der Waals surface area contributed by atoms with Crippen molar-refractivity contribution in [3.63, 3.8) is 0 Å². The number of rotatable bonds is 4. The van der Waals surface area contributed by atoms with Crippen molar-refractivity contribution in [1.82, 2.24) is 15.5 Å². The van der Waals surface area contributed by atoms with Gasteiger partial charge in [-0.2, -0.15) is 0 Å². The van der Waals surface area contributed by atoms with Gasteiger partial charge in [0, 0.05) is 56.7 Å². The quantitative estimate of drug-likeness (QED) is 0.357. The summed E-state index contributed by atoms with van der Waals surface area (Å²) in [6.07, 6.45) is 7.81. The molecule has 0 bridgehead atoms. The van der Waals surface area contributed by atoms with Crippen molar-refractivity contribution in [1.29, 1.82) is 0 Å². The first-order chi connectivity index (χ1) is 14.2. The summed E-state index contributed by atoms with van der Waals surface area (Å²) in [5.41, 5.74) is 1.55. The van der Waals surface area contributed by atoms with Crippen LogP contribution in [0.3, 0.4) is 0 Å². The standard InChI is InChI=1S/C23H33FN4O.HI/c1-25-22(27-20-19-9-14-29-21(19)23(20)10-2-11-23)26-18-7-12-28(13-8-18)15-16-3-5-17(24)6-4-16;/h3-6,18-21H,2,7-15H2,1H3,(H2,25,26,27);1H. The van der Waals surface area contributed by atoms with E-state index in [9.17, 15) is 4.39 Å². The number of aliphatic imine (C=N–C) groups is 1. The Kier molecular flexibility index (Phi) is 6.89. The molecule has 1 spiro atoms. The van der Waals surface area contributed by atoms with Gasteiger partial charge in [0.2, 0.25) is 0 Å². The van der Waals surface area contributed by atoms with E-state index in [0.717, 1.165) is 45.0 Å². The van der Waals surface area contributed by atoms with Crippen LogP contribution in [0.15, 0.2) is 29.3 Å². The molecule has 0 amide bonds. The number of likely N-dealkylation sites (tertiary alicyclic amines) is 1. The number of piperidine rings is 1. The maximum Gasteiger partial charge on any atom is 0.191 e. The number of ether oxygens (including phenoxy) is 1. The molecule has 4 aliphatic rings. The first kappa shape index (κ1) is 22.3. The zero-order valence-electron chi connectivity index (χ0n) is 17.8. The Morgan fingerprint density at radius 1 is 1.17 bits per heavy atom. The van der Waals surface area contributed by atoms with Crippen LogP contribution in [-0.4, -0.2) is 55.8 Å². The molecule has 0 aromatic heterocycles. The minimum Gasteiger partial charge on any atom is -0.377 e. The van der Waals surface area contributed by atoms with Crippen molar-refractivity contribution in [2.75, 3.05) is 26.7 Å². The van der Waals surface area contributed by atoms with Gasteiger partial charge in [-0.1, -0.05) is 18.6 Å². The Hall–Kier alpha value is -0.930. The van der Waals surface area contributed by atoms with Gasteiger partial charge in [0.1, 0.15) is 5.82 Å². The van der Waals surface area contributed by atoms with E-state index >= 15 is 0 Å². The summed E-state index contributed by atoms with van der Waals surface area (Å²) in [5.74, 6) is 1.45. The molecule has 2 N–H and O–H groups in total. The molecule has 0 radical (unpaired) electrons. The predicted octanol–water partition coefficient (Wildman–Crippen LogP) is 3.53. The maximum absolute atomic E-state index is 13.1. The van der Waals surface area contributed by atoms with Gasteiger partial charge in [-0.25, -0.2) is 4.39 Å². The smallest absolute Gasteiger partial charge is 0.191 e. The second-order valence-electron chi connectivity index (χ2n) is 9.35. The number of nitrogens with zero attached hydrogens (tertiary/aromatic N) is 2. The molecular weight excluding hydrogens is 494 g/mol. The van der Waals surface area contributed by atoms with Crippen molar-refractivity contribution in [3.8, 4) is 0 Å². The van der Waals surface area contributed by atoms with Gasteiger partial charge in [0.15, 0.2) is 5.96 Å². The van der Waals surface area contributed by atoms with Crippen molar-refractivity contribution in [2.24, 2.45) is 16.3 Å². The lowest BCUT2D eigenvalue weighted by Crippen LogP contribution is -2.72. The molecule has 5 rings (SSSR count). The van der Waals surface area contributed by atoms with Crippen LogP contribution < -0.4 is 10.6 Å². The van der Waals surface area contributed by atoms with E-state index in [1.807, 2.05) is 19.2 Å². The van der Waals surface area contributed by atoms with Crippen LogP contribution in [0.2, 0.25) is 0 Å². The van der Waals surface area contributed by atoms with Gasteiger partial charge >= 0.3 is 0 Å². The summed E-state index contributed by atoms with van der Waals surface area (Å²) in [7, 11) is 1.88. The molecule has 30 heavy (non-hydrogen) atoms. The third-order valence-electron chi connectivity index (χ3n) is 7.80. The van der Waals surface area contributed by atoms with E-state index < -0.39 is 0 Å². The Balaban J connectivity index is 0.00000218. The second kappa shape index (κ2) is 9.28. The van der Waals surface area contributed by atoms with Crippen LogP contribution in [0.1, 0.15) is 44.1 Å². The molecule has 5 nitrogen and oxygen atoms in total. The Bertz CT molecular complexity index is 746. The number of nitrogens with one attached hydrogen (secondary N) is 2. The van der Waals surface area contributed by atoms with Gasteiger partial charge in [-0.3, -0.25) is 9.89 Å². The number of benzene rings is 1. The number of guanidine groups is 1. The first-order valence-corrected chi connectivity index (χ1v) is 11.3. The average Bonchev–Trinajstić information content (AvgIpc) is 3.12. The molecule has 3 atom stereocenters. The molecule has 2 saturated heterocycles. The highest BCUT2D eigenvalue weighted by Crippen LogP contribution is 2.62. The molecule has 1 aromatic rings. The molecule has 2 saturated carbocycles. The van der Waals surface area contributed by atoms with Gasteiger partial charge < -0.3 is 15.4 Å². The van der Waals surface area contributed by atoms with Crippen LogP contribution in [0, 0.1) is 17.2 Å². The normalized spacial score (nSPS) is 30.7. The minimum atomic E-state index is -0.166. The van der Waals surface area contributed by atoms with E-state index in [1.165, 1.54) is 31.2 Å². The average molecular weight is 528 g/mol. The monoisotopic (exact) mass is 528 g/mol. The summed E-state index contributed by atoms with van der Waals surface area (Å²) >= 11 is 0. The molecular formula is C23H34FIN4O. The molecule has 2 aliphatic heterocycles. The van der Waals surface area contributed by atoms with E-state index in [4.69, 9.17) is 4.74 Å². The third-order valence-corrected chi connectivity index (χ3v) is 7.80. The summed E-state index contributed by atoms with van der Waals surface area (Å²) in [6.45, 7) is 3.93. The van der Waals surface area contributed by atoms with E-state index in [2.05, 4.69) is 20.5 Å². The van der Waals surface area contributed by atoms with E-state index in [-0.39, 0.29) is 29.8 Å². The first-order valence-electron chi connectivity index (χ1n) is 11.3. The van der Waals surface area contributed by atoms with Crippen LogP contribution in [0.25, 0.3) is 0 Å². The van der Waals surface area contributed by atoms with Gasteiger partial charge in [0.25, 0.3) is 0 Å². The van der Waals surface area contributed by atoms with Crippen molar-refractivity contribution >= 4 is 29.9 Å². The second-order valence-corrected chi connectivity index (χ2v) is 9.35. The summed E-state index contributed by atoms with van der Waals surface area (Å²) in [4.78, 5) is 7.00. The number of fused-ring (bicyclic) bond motifs is 2. The third kappa shape index (κ3) is 4.09. The molecule has 1 aromatic carbocycles. The summed E-state index contributed by atoms with van der Waals surface area (Å²) in [5, 5.41) is 7.47. The number of hydrogen-bond donors (Lipinski definition) is 2. The van der Waals surface area contributed by atoms with Gasteiger partial charge in [0.05, 0.1) is 6.10 Å². The maximum atomic E-state index is 13.1. The van der Waals surface area contributed by atoms with Crippen LogP contribution in [-0.2, 0) is 11.3 Å². The summed E-state index contributed by atoms with van der Waals surface area (Å²) in [6, 6.07) is 7.86. The Labute approximate surface area is 196 Å². The SMILES string of the molecule is CN=C(NC1CCN(Cc2ccc(F)cc2)CC1)NC1C2CCOC2C12CCC2.I. The minimum absolute atomic E-state index is 0. The van der Waals surface area contributed by atoms with Crippen LogP contribution in [0.5, 0.6) is 0 Å². The van der Waals surface area contributed by atoms with Crippen molar-refractivity contribution < 1.29 is 9.13 Å². The lowest BCUT2D eigenvalue weighted by Gasteiger charge is -2.63. The van der Waals surface area contributed by atoms with Gasteiger partial charge in [-0.05, 0) is 49.8 Å². The molecule has 166 valence electrons. The predicted molar refractivity (Wildman–Crippen MR) is 128 cm³/mol. The lowest BCUT2D eigenvalue weighted by atomic mass is 9.46. The fourth-order valence-electron chi connectivity index (χ4n) is 6.05. The Morgan fingerprint density at radius 2 is 1.90 bits per heavy atom. The lowest BCUT2D eigenvalue weighted by molar-refractivity contribution is -0.171. The zero-order chi connectivity index (χ0) is 19.8. The highest BCUT2D eigenvalue weighted by Gasteiger charge is 2.66. The topological polar surface area (TPSA) is 48.9 Å². The highest BCUT2D eigenvalue weighted by molar-refractivity contribution is 14.0. The van der Waals surface area contributed by atoms with E-state index in [1.54, 1.807) is 12.1 Å². The molecule has 2 heterocycles. The zero-order valence-corrected chi connectivity index (χ0v) is 20.1. The Morgan fingerprint density at radius 3 is 2.53 bits per heavy atom. The molecule has 3 unspecified atom stereocenters. The summed E-state index contributed by atoms with van der Waals surface area (Å²) < 4.78 is 19.1. The molecule has 4 fully saturated rings. The van der Waals surface area contributed by atoms with Crippen molar-refractivity contribution in [2.45, 2.75) is 63.3 Å². The van der Waals surface area contributed by atoms with Crippen LogP contribution in [0.4, 0.5) is 4.39 Å². The highest BCUT2D eigenvalue weighted by atomic mass is 127. The largest absolute Gasteiger partial charge is 0.377 e. The van der Waals surface area contributed by atoms with Crippen molar-refractivity contribution in [3.05, 3.63) is 35.6 Å². The molecule has 7 heteroatoms. The fraction of sp³-hybridized carbons (Fsp3) is 0.696. The van der Waals surface area contributed by atoms with Crippen LogP contribution >= 0.6 is 24.0 Å². The van der Waals surface area contributed by atoms with E-state index in [0.29, 0.717) is 29.5 Å². The number of hydrogen-bond acceptors (Lipinski definition) is 3.